The Morgan fingerprint density at radius 3 is 1.15 bits per heavy atom. The van der Waals surface area contributed by atoms with Gasteiger partial charge in [-0.3, -0.25) is 33.0 Å². The molecule has 0 heterocycles. The number of thioether (sulfide) groups is 2. The van der Waals surface area contributed by atoms with E-state index < -0.39 is 34.7 Å². The van der Waals surface area contributed by atoms with Crippen LogP contribution in [-0.4, -0.2) is 121 Å². The number of carbonyl (C=O) groups excluding carboxylic acids is 4. The van der Waals surface area contributed by atoms with Crippen molar-refractivity contribution in [1.29, 1.82) is 0 Å². The van der Waals surface area contributed by atoms with Gasteiger partial charge in [-0.1, -0.05) is 32.1 Å². The molecule has 0 aliphatic rings. The maximum atomic E-state index is 10.8. The number of methoxy groups -OCH3 is 4. The lowest BCUT2D eigenvalue weighted by atomic mass is 10.1. The number of hydrogen-bond acceptors (Lipinski definition) is 14. The highest BCUT2D eigenvalue weighted by molar-refractivity contribution is 7.98. The summed E-state index contributed by atoms with van der Waals surface area (Å²) in [6.07, 6.45) is 12.2. The molecule has 0 aliphatic carbocycles. The Morgan fingerprint density at radius 1 is 0.623 bits per heavy atom. The van der Waals surface area contributed by atoms with Crippen molar-refractivity contribution in [3.63, 3.8) is 0 Å². The quantitative estimate of drug-likeness (QED) is 0.0928. The molecule has 0 aromatic heterocycles. The summed E-state index contributed by atoms with van der Waals surface area (Å²) in [5.41, 5.74) is 5.19. The van der Waals surface area contributed by atoms with E-state index in [0.29, 0.717) is 18.6 Å². The summed E-state index contributed by atoms with van der Waals surface area (Å²) in [6.45, 7) is 18.9. The first kappa shape index (κ1) is 61.9. The Bertz CT molecular complexity index is 1030. The third kappa shape index (κ3) is 46.8. The predicted octanol–water partition coefficient (Wildman–Crippen LogP) is 5.12. The van der Waals surface area contributed by atoms with Crippen LogP contribution in [0.5, 0.6) is 0 Å². The largest absolute Gasteiger partial charge is 0.481 e. The van der Waals surface area contributed by atoms with Crippen LogP contribution >= 0.6 is 23.5 Å². The molecule has 0 bridgehead atoms. The molecule has 0 fully saturated rings. The highest BCUT2D eigenvalue weighted by atomic mass is 32.2. The zero-order valence-electron chi connectivity index (χ0n) is 33.7. The molecular formula is C36H67NO13S3. The average molecular weight is 818 g/mol. The van der Waals surface area contributed by atoms with E-state index in [1.54, 1.807) is 69.6 Å². The molecule has 53 heavy (non-hydrogen) atoms. The Kier molecular flexibility index (Phi) is 50.5. The van der Waals surface area contributed by atoms with Gasteiger partial charge in [0, 0.05) is 22.8 Å². The minimum absolute atomic E-state index is 0.0532. The third-order valence-electron chi connectivity index (χ3n) is 6.35. The van der Waals surface area contributed by atoms with Crippen LogP contribution in [0.25, 0.3) is 0 Å². The average Bonchev–Trinajstić information content (AvgIpc) is 3.16. The van der Waals surface area contributed by atoms with Crippen LogP contribution in [0, 0.1) is 29.6 Å². The molecule has 312 valence electrons. The number of carbonyl (C=O) groups is 6. The highest BCUT2D eigenvalue weighted by Gasteiger charge is 2.13. The smallest absolute Gasteiger partial charge is 0.320 e. The van der Waals surface area contributed by atoms with E-state index in [1.165, 1.54) is 34.5 Å². The van der Waals surface area contributed by atoms with Crippen molar-refractivity contribution in [3.05, 3.63) is 38.0 Å². The summed E-state index contributed by atoms with van der Waals surface area (Å²) in [7, 11) is 4.71. The summed E-state index contributed by atoms with van der Waals surface area (Å²) in [5, 5.41) is 16.4. The summed E-state index contributed by atoms with van der Waals surface area (Å²) >= 11 is 3.35. The second kappa shape index (κ2) is 43.3. The number of aliphatic carboxylic acids is 2. The van der Waals surface area contributed by atoms with Gasteiger partial charge in [-0.05, 0) is 64.1 Å². The molecule has 17 heteroatoms. The lowest BCUT2D eigenvalue weighted by Gasteiger charge is -2.06. The monoisotopic (exact) mass is 817 g/mol. The van der Waals surface area contributed by atoms with Crippen molar-refractivity contribution in [1.82, 2.24) is 0 Å². The van der Waals surface area contributed by atoms with Crippen molar-refractivity contribution in [2.45, 2.75) is 59.9 Å². The van der Waals surface area contributed by atoms with E-state index in [-0.39, 0.29) is 47.5 Å². The minimum atomic E-state index is -0.913. The lowest BCUT2D eigenvalue weighted by molar-refractivity contribution is -0.145. The van der Waals surface area contributed by atoms with E-state index in [9.17, 15) is 33.0 Å². The molecule has 1 unspecified atom stereocenters. The normalized spacial score (nSPS) is 13.2. The number of carboxylic acid groups (broad SMARTS) is 2. The fourth-order valence-electron chi connectivity index (χ4n) is 2.31. The summed E-state index contributed by atoms with van der Waals surface area (Å²) in [5.74, 6) is -0.995. The van der Waals surface area contributed by atoms with E-state index in [0.717, 1.165) is 17.9 Å². The molecule has 0 radical (unpaired) electrons. The number of ether oxygens (including phenoxy) is 4. The molecule has 0 amide bonds. The zero-order valence-corrected chi connectivity index (χ0v) is 36.2. The SMILES string of the molecule is C=C[C@H](C)C(=O)O.C=C[C@H](C)C(=O)OC.C=C[C@H](C)C(=O)OC.COC(=O)[C@@H](C)CCS(C)=O.COC(=O)[C@@H](C)CCSC.CSCC[C@H](N)C(=O)O. The van der Waals surface area contributed by atoms with Crippen LogP contribution in [0.3, 0.4) is 0 Å². The van der Waals surface area contributed by atoms with Crippen LogP contribution in [0.15, 0.2) is 38.0 Å². The van der Waals surface area contributed by atoms with Gasteiger partial charge in [-0.15, -0.1) is 19.7 Å². The maximum absolute atomic E-state index is 10.8. The molecule has 0 rings (SSSR count). The third-order valence-corrected chi connectivity index (χ3v) is 8.45. The molecular weight excluding hydrogens is 751 g/mol. The molecule has 0 saturated carbocycles. The topological polar surface area (TPSA) is 223 Å². The van der Waals surface area contributed by atoms with Crippen molar-refractivity contribution in [3.8, 4) is 0 Å². The minimum Gasteiger partial charge on any atom is -0.481 e. The molecule has 7 atom stereocenters. The first-order chi connectivity index (χ1) is 24.6. The molecule has 0 spiro atoms. The van der Waals surface area contributed by atoms with Gasteiger partial charge in [0.05, 0.1) is 58.0 Å². The van der Waals surface area contributed by atoms with Crippen LogP contribution in [0.4, 0.5) is 0 Å². The molecule has 0 aromatic carbocycles. The van der Waals surface area contributed by atoms with Crippen molar-refractivity contribution < 1.29 is 62.1 Å². The van der Waals surface area contributed by atoms with Gasteiger partial charge in [0.15, 0.2) is 0 Å². The van der Waals surface area contributed by atoms with Crippen LogP contribution in [-0.2, 0) is 58.5 Å². The van der Waals surface area contributed by atoms with Gasteiger partial charge in [-0.25, -0.2) is 0 Å². The van der Waals surface area contributed by atoms with E-state index in [1.807, 2.05) is 19.4 Å². The Hall–Kier alpha value is -3.15. The molecule has 14 nitrogen and oxygen atoms in total. The van der Waals surface area contributed by atoms with Crippen molar-refractivity contribution in [2.24, 2.45) is 35.3 Å². The second-order valence-electron chi connectivity index (χ2n) is 10.9. The van der Waals surface area contributed by atoms with E-state index in [4.69, 9.17) is 15.9 Å². The Balaban J connectivity index is -0.000000126. The number of nitrogens with two attached hydrogens (primary N) is 1. The first-order valence-electron chi connectivity index (χ1n) is 16.3. The predicted molar refractivity (Wildman–Crippen MR) is 217 cm³/mol. The molecule has 0 saturated heterocycles. The second-order valence-corrected chi connectivity index (χ2v) is 14.4. The highest BCUT2D eigenvalue weighted by Crippen LogP contribution is 2.08. The number of hydrogen-bond donors (Lipinski definition) is 3. The van der Waals surface area contributed by atoms with Gasteiger partial charge in [0.2, 0.25) is 0 Å². The summed E-state index contributed by atoms with van der Waals surface area (Å²) in [6, 6.07) is -0.683. The lowest BCUT2D eigenvalue weighted by Crippen LogP contribution is -2.30. The molecule has 4 N–H and O–H groups in total. The van der Waals surface area contributed by atoms with Gasteiger partial charge in [0.1, 0.15) is 6.04 Å². The first-order valence-corrected chi connectivity index (χ1v) is 20.8. The number of esters is 4. The fraction of sp³-hybridized carbons (Fsp3) is 0.667. The van der Waals surface area contributed by atoms with Gasteiger partial charge in [-0.2, -0.15) is 23.5 Å². The Labute approximate surface area is 328 Å². The number of carboxylic acids is 2. The standard InChI is InChI=1S/C7H14O3S.C7H14O2S.2C6H10O2.C5H11NO2S.C5H8O2/c1-6(7(8)10-2)4-5-11(3)9;1-6(4-5-10-3)7(8)9-2;2*1-4-5(2)6(7)8-3;1-9-3-2-4(6)5(7)8;1-3-4(2)5(6)7/h6H,4-5H2,1-3H3;6H,4-5H2,1-3H3;2*4-5H,1H2,2-3H3;4H,2-3,6H2,1H3,(H,7,8);3-4H,1H2,2H3,(H,6,7)/t6-,11?;6-;2*5-;2*4-/m000000/s1. The van der Waals surface area contributed by atoms with Crippen LogP contribution < -0.4 is 5.73 Å². The Morgan fingerprint density at radius 2 is 0.943 bits per heavy atom. The van der Waals surface area contributed by atoms with Crippen molar-refractivity contribution in [2.75, 3.05) is 64.5 Å². The van der Waals surface area contributed by atoms with E-state index in [2.05, 4.69) is 38.7 Å². The van der Waals surface area contributed by atoms with Crippen LogP contribution in [0.2, 0.25) is 0 Å². The van der Waals surface area contributed by atoms with Crippen molar-refractivity contribution >= 4 is 70.1 Å². The van der Waals surface area contributed by atoms with Gasteiger partial charge in [0.25, 0.3) is 0 Å². The maximum Gasteiger partial charge on any atom is 0.320 e. The van der Waals surface area contributed by atoms with Crippen LogP contribution in [0.1, 0.15) is 53.9 Å². The molecule has 0 aromatic rings. The molecule has 0 aliphatic heterocycles. The zero-order chi connectivity index (χ0) is 43.1. The number of rotatable bonds is 18. The van der Waals surface area contributed by atoms with Gasteiger partial charge < -0.3 is 34.9 Å². The summed E-state index contributed by atoms with van der Waals surface area (Å²) in [4.78, 5) is 62.4. The fourth-order valence-corrected chi connectivity index (χ4v) is 4.07. The van der Waals surface area contributed by atoms with E-state index >= 15 is 0 Å². The van der Waals surface area contributed by atoms with Gasteiger partial charge >= 0.3 is 35.8 Å². The summed E-state index contributed by atoms with van der Waals surface area (Å²) < 4.78 is 28.5.